The van der Waals surface area contributed by atoms with Gasteiger partial charge in [0.15, 0.2) is 0 Å². The maximum Gasteiger partial charge on any atom is 0.222 e. The molecular formula is C15H15Cl2NO2. The van der Waals surface area contributed by atoms with Crippen molar-refractivity contribution in [3.05, 3.63) is 35.9 Å². The van der Waals surface area contributed by atoms with Crippen LogP contribution in [0.4, 0.5) is 0 Å². The molecule has 1 saturated carbocycles. The van der Waals surface area contributed by atoms with Gasteiger partial charge in [0.25, 0.3) is 0 Å². The summed E-state index contributed by atoms with van der Waals surface area (Å²) < 4.78 is 10.4. The molecule has 3 aliphatic rings. The van der Waals surface area contributed by atoms with Crippen molar-refractivity contribution in [1.82, 2.24) is 0 Å². The first kappa shape index (κ1) is 12.9. The molecule has 2 saturated heterocycles. The lowest BCUT2D eigenvalue weighted by Gasteiger charge is -2.18. The predicted molar refractivity (Wildman–Crippen MR) is 78.4 cm³/mol. The molecular weight excluding hydrogens is 297 g/mol. The number of hydrogen-bond donors (Lipinski definition) is 0. The van der Waals surface area contributed by atoms with Crippen LogP contribution in [0.1, 0.15) is 24.9 Å². The maximum absolute atomic E-state index is 6.52. The van der Waals surface area contributed by atoms with Gasteiger partial charge in [-0.25, -0.2) is 4.99 Å². The number of fused-ring (bicyclic) bond motifs is 3. The normalized spacial score (nSPS) is 40.0. The van der Waals surface area contributed by atoms with E-state index in [0.29, 0.717) is 5.90 Å². The first-order valence-electron chi connectivity index (χ1n) is 6.90. The largest absolute Gasteiger partial charge is 0.475 e. The van der Waals surface area contributed by atoms with E-state index in [4.69, 9.17) is 32.7 Å². The van der Waals surface area contributed by atoms with Crippen molar-refractivity contribution >= 4 is 29.1 Å². The van der Waals surface area contributed by atoms with Crippen LogP contribution in [0.15, 0.2) is 35.3 Å². The highest BCUT2D eigenvalue weighted by molar-refractivity contribution is 6.58. The van der Waals surface area contributed by atoms with Crippen LogP contribution >= 0.6 is 23.2 Å². The molecule has 3 nitrogen and oxygen atoms in total. The molecule has 0 amide bonds. The highest BCUT2D eigenvalue weighted by Crippen LogP contribution is 2.57. The van der Waals surface area contributed by atoms with E-state index in [2.05, 4.69) is 4.99 Å². The van der Waals surface area contributed by atoms with E-state index in [1.54, 1.807) is 0 Å². The molecule has 0 spiro atoms. The molecule has 0 unspecified atom stereocenters. The third kappa shape index (κ3) is 1.87. The number of halogens is 2. The Morgan fingerprint density at radius 1 is 1.25 bits per heavy atom. The smallest absolute Gasteiger partial charge is 0.222 e. The van der Waals surface area contributed by atoms with Crippen LogP contribution in [-0.2, 0) is 9.47 Å². The van der Waals surface area contributed by atoms with E-state index in [-0.39, 0.29) is 30.3 Å². The Kier molecular flexibility index (Phi) is 2.82. The standard InChI is InChI=1S/C15H15Cl2NO2/c1-8(9-5-3-2-4-6-9)18-14-15(16,17)12-10(20-14)7-11-13(12)19-11/h2-6,8,10-13H,7H2,1H3/t8-,10+,11-,12+,13-/m1/s1. The second-order valence-electron chi connectivity index (χ2n) is 5.70. The van der Waals surface area contributed by atoms with Gasteiger partial charge in [-0.15, -0.1) is 0 Å². The van der Waals surface area contributed by atoms with Gasteiger partial charge in [0.2, 0.25) is 10.2 Å². The van der Waals surface area contributed by atoms with Gasteiger partial charge < -0.3 is 9.47 Å². The molecule has 1 aromatic rings. The first-order valence-corrected chi connectivity index (χ1v) is 7.66. The summed E-state index contributed by atoms with van der Waals surface area (Å²) in [5.41, 5.74) is 1.12. The van der Waals surface area contributed by atoms with Crippen molar-refractivity contribution < 1.29 is 9.47 Å². The monoisotopic (exact) mass is 311 g/mol. The lowest BCUT2D eigenvalue weighted by molar-refractivity contribution is 0.126. The number of nitrogens with zero attached hydrogens (tertiary/aromatic N) is 1. The third-order valence-corrected chi connectivity index (χ3v) is 5.23. The van der Waals surface area contributed by atoms with Crippen LogP contribution in [0, 0.1) is 5.92 Å². The lowest BCUT2D eigenvalue weighted by atomic mass is 10.0. The fourth-order valence-electron chi connectivity index (χ4n) is 3.27. The Balaban J connectivity index is 1.61. The number of aliphatic imine (C=N–C) groups is 1. The van der Waals surface area contributed by atoms with E-state index >= 15 is 0 Å². The summed E-state index contributed by atoms with van der Waals surface area (Å²) in [5.74, 6) is 0.457. The highest BCUT2D eigenvalue weighted by Gasteiger charge is 2.69. The van der Waals surface area contributed by atoms with Crippen molar-refractivity contribution in [2.75, 3.05) is 0 Å². The molecule has 106 valence electrons. The van der Waals surface area contributed by atoms with Crippen LogP contribution in [0.3, 0.4) is 0 Å². The Bertz CT molecular complexity index is 560. The molecule has 0 N–H and O–H groups in total. The fourth-order valence-corrected chi connectivity index (χ4v) is 3.99. The Hall–Kier alpha value is -0.770. The van der Waals surface area contributed by atoms with Crippen LogP contribution in [-0.4, -0.2) is 28.5 Å². The number of ether oxygens (including phenoxy) is 2. The van der Waals surface area contributed by atoms with Gasteiger partial charge in [-0.1, -0.05) is 53.5 Å². The molecule has 0 radical (unpaired) electrons. The summed E-state index contributed by atoms with van der Waals surface area (Å²) in [7, 11) is 0. The summed E-state index contributed by atoms with van der Waals surface area (Å²) in [6, 6.07) is 10.0. The van der Waals surface area contributed by atoms with Crippen molar-refractivity contribution in [2.45, 2.75) is 42.0 Å². The second-order valence-corrected chi connectivity index (χ2v) is 7.09. The molecule has 1 aliphatic carbocycles. The van der Waals surface area contributed by atoms with E-state index in [1.807, 2.05) is 37.3 Å². The van der Waals surface area contributed by atoms with Gasteiger partial charge in [0.05, 0.1) is 24.2 Å². The van der Waals surface area contributed by atoms with E-state index < -0.39 is 4.33 Å². The Labute approximate surface area is 127 Å². The Morgan fingerprint density at radius 3 is 2.70 bits per heavy atom. The SMILES string of the molecule is C[C@@H](N=C1O[C@H]2C[C@H]3O[C@H]3[C@H]2C1(Cl)Cl)c1ccccc1. The zero-order valence-corrected chi connectivity index (χ0v) is 12.5. The van der Waals surface area contributed by atoms with Gasteiger partial charge in [0, 0.05) is 6.42 Å². The molecule has 3 fully saturated rings. The average molecular weight is 312 g/mol. The summed E-state index contributed by atoms with van der Waals surface area (Å²) in [6.07, 6.45) is 1.36. The van der Waals surface area contributed by atoms with Gasteiger partial charge >= 0.3 is 0 Å². The molecule has 5 atom stereocenters. The Morgan fingerprint density at radius 2 is 2.00 bits per heavy atom. The molecule has 5 heteroatoms. The summed E-state index contributed by atoms with van der Waals surface area (Å²) >= 11 is 13.0. The van der Waals surface area contributed by atoms with Crippen LogP contribution in [0.5, 0.6) is 0 Å². The van der Waals surface area contributed by atoms with Gasteiger partial charge in [-0.05, 0) is 12.5 Å². The fraction of sp³-hybridized carbons (Fsp3) is 0.533. The minimum atomic E-state index is -1.07. The average Bonchev–Trinajstić information content (AvgIpc) is 3.00. The van der Waals surface area contributed by atoms with Crippen molar-refractivity contribution in [1.29, 1.82) is 0 Å². The van der Waals surface area contributed by atoms with Gasteiger partial charge in [-0.3, -0.25) is 0 Å². The summed E-state index contributed by atoms with van der Waals surface area (Å²) in [5, 5.41) is 0. The lowest BCUT2D eigenvalue weighted by Crippen LogP contribution is -2.32. The van der Waals surface area contributed by atoms with Crippen molar-refractivity contribution in [3.8, 4) is 0 Å². The minimum Gasteiger partial charge on any atom is -0.475 e. The minimum absolute atomic E-state index is 0.0116. The summed E-state index contributed by atoms with van der Waals surface area (Å²) in [4.78, 5) is 4.61. The number of alkyl halides is 2. The molecule has 0 aromatic heterocycles. The van der Waals surface area contributed by atoms with E-state index in [1.165, 1.54) is 0 Å². The second kappa shape index (κ2) is 4.36. The van der Waals surface area contributed by atoms with E-state index in [0.717, 1.165) is 12.0 Å². The molecule has 0 bridgehead atoms. The maximum atomic E-state index is 6.52. The first-order chi connectivity index (χ1) is 9.57. The van der Waals surface area contributed by atoms with Crippen molar-refractivity contribution in [2.24, 2.45) is 10.9 Å². The van der Waals surface area contributed by atoms with Crippen LogP contribution < -0.4 is 0 Å². The topological polar surface area (TPSA) is 34.1 Å². The predicted octanol–water partition coefficient (Wildman–Crippen LogP) is 3.51. The van der Waals surface area contributed by atoms with Gasteiger partial charge in [-0.2, -0.15) is 0 Å². The highest BCUT2D eigenvalue weighted by atomic mass is 35.5. The van der Waals surface area contributed by atoms with Crippen LogP contribution in [0.2, 0.25) is 0 Å². The quantitative estimate of drug-likeness (QED) is 0.619. The molecule has 2 heterocycles. The number of benzene rings is 1. The molecule has 2 aliphatic heterocycles. The number of rotatable bonds is 2. The van der Waals surface area contributed by atoms with Crippen LogP contribution in [0.25, 0.3) is 0 Å². The summed E-state index contributed by atoms with van der Waals surface area (Å²) in [6.45, 7) is 2.01. The molecule has 1 aromatic carbocycles. The third-order valence-electron chi connectivity index (χ3n) is 4.40. The molecule has 4 rings (SSSR count). The van der Waals surface area contributed by atoms with E-state index in [9.17, 15) is 0 Å². The zero-order valence-electron chi connectivity index (χ0n) is 11.0. The number of epoxide rings is 1. The van der Waals surface area contributed by atoms with Gasteiger partial charge in [0.1, 0.15) is 6.10 Å². The zero-order chi connectivity index (χ0) is 13.9. The van der Waals surface area contributed by atoms with Crippen molar-refractivity contribution in [3.63, 3.8) is 0 Å². The number of hydrogen-bond acceptors (Lipinski definition) is 3. The molecule has 20 heavy (non-hydrogen) atoms.